The Morgan fingerprint density at radius 1 is 1.33 bits per heavy atom. The number of pyridine rings is 1. The third-order valence-corrected chi connectivity index (χ3v) is 3.17. The smallest absolute Gasteiger partial charge is 0.213 e. The van der Waals surface area contributed by atoms with Crippen molar-refractivity contribution in [2.24, 2.45) is 0 Å². The maximum absolute atomic E-state index is 9.07. The summed E-state index contributed by atoms with van der Waals surface area (Å²) in [6.07, 6.45) is 6.12. The Labute approximate surface area is 114 Å². The van der Waals surface area contributed by atoms with Crippen molar-refractivity contribution in [2.45, 2.75) is 58.7 Å². The zero-order valence-electron chi connectivity index (χ0n) is 11.2. The monoisotopic (exact) mass is 271 g/mol. The molecule has 3 nitrogen and oxygen atoms in total. The summed E-state index contributed by atoms with van der Waals surface area (Å²) in [6, 6.07) is 3.45. The SMILES string of the molecule is CCCCCCC(C)Oc1ccc(Cl)c(CO)n1. The van der Waals surface area contributed by atoms with Gasteiger partial charge in [0.1, 0.15) is 0 Å². The van der Waals surface area contributed by atoms with E-state index in [9.17, 15) is 0 Å². The first-order chi connectivity index (χ1) is 8.67. The van der Waals surface area contributed by atoms with Crippen molar-refractivity contribution >= 4 is 11.6 Å². The number of unbranched alkanes of at least 4 members (excludes halogenated alkanes) is 3. The number of aliphatic hydroxyl groups is 1. The Balaban J connectivity index is 2.41. The molecule has 0 aliphatic rings. The predicted octanol–water partition coefficient (Wildman–Crippen LogP) is 3.97. The lowest BCUT2D eigenvalue weighted by molar-refractivity contribution is 0.195. The highest BCUT2D eigenvalue weighted by atomic mass is 35.5. The van der Waals surface area contributed by atoms with Crippen LogP contribution in [0.3, 0.4) is 0 Å². The van der Waals surface area contributed by atoms with Gasteiger partial charge in [-0.3, -0.25) is 0 Å². The molecule has 0 aromatic carbocycles. The largest absolute Gasteiger partial charge is 0.475 e. The molecule has 0 saturated carbocycles. The van der Waals surface area contributed by atoms with E-state index in [-0.39, 0.29) is 12.7 Å². The molecule has 0 saturated heterocycles. The van der Waals surface area contributed by atoms with Crippen LogP contribution in [0.4, 0.5) is 0 Å². The molecule has 1 heterocycles. The molecular formula is C14H22ClNO2. The summed E-state index contributed by atoms with van der Waals surface area (Å²) in [7, 11) is 0. The topological polar surface area (TPSA) is 42.4 Å². The number of hydrogen-bond donors (Lipinski definition) is 1. The molecule has 0 radical (unpaired) electrons. The van der Waals surface area contributed by atoms with E-state index in [1.165, 1.54) is 25.7 Å². The fourth-order valence-corrected chi connectivity index (χ4v) is 1.93. The lowest BCUT2D eigenvalue weighted by atomic mass is 10.1. The number of hydrogen-bond acceptors (Lipinski definition) is 3. The minimum Gasteiger partial charge on any atom is -0.475 e. The summed E-state index contributed by atoms with van der Waals surface area (Å²) in [5, 5.41) is 9.55. The van der Waals surface area contributed by atoms with E-state index in [0.717, 1.165) is 6.42 Å². The Kier molecular flexibility index (Phi) is 7.06. The molecule has 1 aromatic rings. The van der Waals surface area contributed by atoms with Gasteiger partial charge in [-0.05, 0) is 25.8 Å². The van der Waals surface area contributed by atoms with E-state index in [1.54, 1.807) is 12.1 Å². The number of aromatic nitrogens is 1. The van der Waals surface area contributed by atoms with Crippen LogP contribution in [-0.2, 0) is 6.61 Å². The molecule has 4 heteroatoms. The molecule has 0 aliphatic carbocycles. The van der Waals surface area contributed by atoms with Crippen LogP contribution in [0.25, 0.3) is 0 Å². The van der Waals surface area contributed by atoms with Gasteiger partial charge in [-0.25, -0.2) is 4.98 Å². The maximum Gasteiger partial charge on any atom is 0.213 e. The lowest BCUT2D eigenvalue weighted by Gasteiger charge is -2.14. The van der Waals surface area contributed by atoms with Crippen molar-refractivity contribution in [3.63, 3.8) is 0 Å². The van der Waals surface area contributed by atoms with Crippen molar-refractivity contribution in [2.75, 3.05) is 0 Å². The van der Waals surface area contributed by atoms with Gasteiger partial charge in [0.05, 0.1) is 23.4 Å². The van der Waals surface area contributed by atoms with Crippen molar-refractivity contribution in [1.82, 2.24) is 4.98 Å². The molecule has 1 aromatic heterocycles. The van der Waals surface area contributed by atoms with Crippen LogP contribution in [0.1, 0.15) is 51.6 Å². The normalized spacial score (nSPS) is 12.4. The van der Waals surface area contributed by atoms with Crippen LogP contribution in [0, 0.1) is 0 Å². The zero-order chi connectivity index (χ0) is 13.4. The van der Waals surface area contributed by atoms with Crippen LogP contribution >= 0.6 is 11.6 Å². The Morgan fingerprint density at radius 3 is 2.78 bits per heavy atom. The first kappa shape index (κ1) is 15.3. The molecule has 1 N–H and O–H groups in total. The average Bonchev–Trinajstić information content (AvgIpc) is 2.37. The molecule has 18 heavy (non-hydrogen) atoms. The third-order valence-electron chi connectivity index (χ3n) is 2.83. The zero-order valence-corrected chi connectivity index (χ0v) is 11.9. The quantitative estimate of drug-likeness (QED) is 0.728. The first-order valence-corrected chi connectivity index (χ1v) is 6.98. The standard InChI is InChI=1S/C14H22ClNO2/c1-3-4-5-6-7-11(2)18-14-9-8-12(15)13(10-17)16-14/h8-9,11,17H,3-7,10H2,1-2H3. The molecule has 102 valence electrons. The highest BCUT2D eigenvalue weighted by molar-refractivity contribution is 6.31. The van der Waals surface area contributed by atoms with E-state index >= 15 is 0 Å². The predicted molar refractivity (Wildman–Crippen MR) is 74.0 cm³/mol. The summed E-state index contributed by atoms with van der Waals surface area (Å²) in [4.78, 5) is 4.17. The van der Waals surface area contributed by atoms with Crippen molar-refractivity contribution in [3.8, 4) is 5.88 Å². The Morgan fingerprint density at radius 2 is 2.11 bits per heavy atom. The van der Waals surface area contributed by atoms with Gasteiger partial charge in [0.25, 0.3) is 0 Å². The van der Waals surface area contributed by atoms with Crippen LogP contribution < -0.4 is 4.74 Å². The van der Waals surface area contributed by atoms with E-state index in [2.05, 4.69) is 11.9 Å². The van der Waals surface area contributed by atoms with E-state index in [1.807, 2.05) is 6.92 Å². The summed E-state index contributed by atoms with van der Waals surface area (Å²) >= 11 is 5.87. The first-order valence-electron chi connectivity index (χ1n) is 6.60. The van der Waals surface area contributed by atoms with Crippen molar-refractivity contribution in [3.05, 3.63) is 22.8 Å². The van der Waals surface area contributed by atoms with Gasteiger partial charge < -0.3 is 9.84 Å². The lowest BCUT2D eigenvalue weighted by Crippen LogP contribution is -2.13. The van der Waals surface area contributed by atoms with Gasteiger partial charge >= 0.3 is 0 Å². The molecule has 0 amide bonds. The Bertz CT molecular complexity index is 358. The van der Waals surface area contributed by atoms with E-state index in [0.29, 0.717) is 16.6 Å². The van der Waals surface area contributed by atoms with Crippen LogP contribution in [0.2, 0.25) is 5.02 Å². The second-order valence-corrected chi connectivity index (χ2v) is 4.92. The molecule has 1 rings (SSSR count). The minimum atomic E-state index is -0.166. The molecule has 1 unspecified atom stereocenters. The van der Waals surface area contributed by atoms with Gasteiger partial charge in [0, 0.05) is 6.07 Å². The van der Waals surface area contributed by atoms with Gasteiger partial charge in [0.2, 0.25) is 5.88 Å². The highest BCUT2D eigenvalue weighted by Crippen LogP contribution is 2.19. The maximum atomic E-state index is 9.07. The highest BCUT2D eigenvalue weighted by Gasteiger charge is 2.07. The summed E-state index contributed by atoms with van der Waals surface area (Å²) < 4.78 is 5.71. The van der Waals surface area contributed by atoms with Crippen LogP contribution in [0.5, 0.6) is 5.88 Å². The summed E-state index contributed by atoms with van der Waals surface area (Å²) in [5.74, 6) is 0.534. The molecule has 0 aliphatic heterocycles. The van der Waals surface area contributed by atoms with Crippen LogP contribution in [-0.4, -0.2) is 16.2 Å². The molecule has 1 atom stereocenters. The van der Waals surface area contributed by atoms with Gasteiger partial charge in [0.15, 0.2) is 0 Å². The summed E-state index contributed by atoms with van der Waals surface area (Å²) in [6.45, 7) is 4.08. The fraction of sp³-hybridized carbons (Fsp3) is 0.643. The van der Waals surface area contributed by atoms with Crippen LogP contribution in [0.15, 0.2) is 12.1 Å². The van der Waals surface area contributed by atoms with Gasteiger partial charge in [-0.2, -0.15) is 0 Å². The second-order valence-electron chi connectivity index (χ2n) is 4.51. The molecular weight excluding hydrogens is 250 g/mol. The van der Waals surface area contributed by atoms with Gasteiger partial charge in [-0.1, -0.05) is 37.8 Å². The number of nitrogens with zero attached hydrogens (tertiary/aromatic N) is 1. The third kappa shape index (κ3) is 5.23. The summed E-state index contributed by atoms with van der Waals surface area (Å²) in [5.41, 5.74) is 0.465. The second kappa shape index (κ2) is 8.33. The van der Waals surface area contributed by atoms with Gasteiger partial charge in [-0.15, -0.1) is 0 Å². The van der Waals surface area contributed by atoms with E-state index in [4.69, 9.17) is 21.4 Å². The Hall–Kier alpha value is -0.800. The number of halogens is 1. The van der Waals surface area contributed by atoms with Crippen molar-refractivity contribution < 1.29 is 9.84 Å². The number of ether oxygens (including phenoxy) is 1. The minimum absolute atomic E-state index is 0.141. The number of aliphatic hydroxyl groups excluding tert-OH is 1. The molecule has 0 fully saturated rings. The van der Waals surface area contributed by atoms with Crippen molar-refractivity contribution in [1.29, 1.82) is 0 Å². The average molecular weight is 272 g/mol. The number of rotatable bonds is 8. The fourth-order valence-electron chi connectivity index (χ4n) is 1.76. The molecule has 0 spiro atoms. The molecule has 0 bridgehead atoms. The van der Waals surface area contributed by atoms with E-state index < -0.39 is 0 Å².